The van der Waals surface area contributed by atoms with E-state index in [-0.39, 0.29) is 0 Å². The van der Waals surface area contributed by atoms with E-state index in [0.29, 0.717) is 5.82 Å². The van der Waals surface area contributed by atoms with E-state index in [1.54, 1.807) is 12.4 Å². The van der Waals surface area contributed by atoms with Crippen LogP contribution in [0.2, 0.25) is 0 Å². The molecule has 0 aromatic carbocycles. The highest BCUT2D eigenvalue weighted by Gasteiger charge is 1.94. The third-order valence-electron chi connectivity index (χ3n) is 2.23. The molecule has 0 amide bonds. The number of aromatic nitrogens is 3. The molecule has 2 heterocycles. The van der Waals surface area contributed by atoms with Gasteiger partial charge in [0.05, 0.1) is 0 Å². The van der Waals surface area contributed by atoms with Crippen LogP contribution in [0.25, 0.3) is 0 Å². The Morgan fingerprint density at radius 3 is 3.06 bits per heavy atom. The van der Waals surface area contributed by atoms with E-state index in [1.807, 2.05) is 29.1 Å². The predicted octanol–water partition coefficient (Wildman–Crippen LogP) is 1.36. The van der Waals surface area contributed by atoms with E-state index in [1.165, 1.54) is 0 Å². The van der Waals surface area contributed by atoms with Gasteiger partial charge in [-0.15, -0.1) is 0 Å². The SMILES string of the molecule is Nc1cc(NCCCn2cccn2)ccn1. The summed E-state index contributed by atoms with van der Waals surface area (Å²) in [5.74, 6) is 0.539. The van der Waals surface area contributed by atoms with Crippen molar-refractivity contribution >= 4 is 11.5 Å². The molecule has 0 aliphatic carbocycles. The minimum absolute atomic E-state index is 0.539. The van der Waals surface area contributed by atoms with Gasteiger partial charge in [0.25, 0.3) is 0 Å². The number of nitrogens with zero attached hydrogens (tertiary/aromatic N) is 3. The van der Waals surface area contributed by atoms with Gasteiger partial charge in [-0.3, -0.25) is 4.68 Å². The summed E-state index contributed by atoms with van der Waals surface area (Å²) in [6.07, 6.45) is 6.47. The Morgan fingerprint density at radius 2 is 2.31 bits per heavy atom. The van der Waals surface area contributed by atoms with Crippen LogP contribution in [0.15, 0.2) is 36.8 Å². The first-order chi connectivity index (χ1) is 7.84. The summed E-state index contributed by atoms with van der Waals surface area (Å²) in [5, 5.41) is 7.42. The molecule has 0 saturated heterocycles. The molecule has 2 aromatic heterocycles. The molecule has 2 rings (SSSR count). The number of hydrogen-bond donors (Lipinski definition) is 2. The molecule has 0 atom stereocenters. The zero-order valence-corrected chi connectivity index (χ0v) is 9.00. The molecule has 0 aliphatic rings. The lowest BCUT2D eigenvalue weighted by atomic mass is 10.3. The van der Waals surface area contributed by atoms with Crippen molar-refractivity contribution in [3.05, 3.63) is 36.8 Å². The number of rotatable bonds is 5. The standard InChI is InChI=1S/C11H15N5/c12-11-9-10(3-6-14-11)13-4-1-7-16-8-2-5-15-16/h2-3,5-6,8-9H,1,4,7H2,(H3,12,13,14). The third-order valence-corrected chi connectivity index (χ3v) is 2.23. The molecule has 0 spiro atoms. The molecule has 0 fully saturated rings. The van der Waals surface area contributed by atoms with Gasteiger partial charge < -0.3 is 11.1 Å². The highest BCUT2D eigenvalue weighted by atomic mass is 15.3. The first-order valence-corrected chi connectivity index (χ1v) is 5.27. The van der Waals surface area contributed by atoms with E-state index < -0.39 is 0 Å². The van der Waals surface area contributed by atoms with E-state index in [0.717, 1.165) is 25.2 Å². The second-order valence-electron chi connectivity index (χ2n) is 3.52. The Balaban J connectivity index is 1.72. The van der Waals surface area contributed by atoms with Crippen molar-refractivity contribution in [1.82, 2.24) is 14.8 Å². The fourth-order valence-electron chi connectivity index (χ4n) is 1.46. The molecule has 0 saturated carbocycles. The summed E-state index contributed by atoms with van der Waals surface area (Å²) >= 11 is 0. The number of aryl methyl sites for hydroxylation is 1. The lowest BCUT2D eigenvalue weighted by Crippen LogP contribution is -2.07. The quantitative estimate of drug-likeness (QED) is 0.742. The largest absolute Gasteiger partial charge is 0.385 e. The fraction of sp³-hybridized carbons (Fsp3) is 0.273. The van der Waals surface area contributed by atoms with Gasteiger partial charge in [0, 0.05) is 43.4 Å². The van der Waals surface area contributed by atoms with Gasteiger partial charge in [0.15, 0.2) is 0 Å². The van der Waals surface area contributed by atoms with Crippen LogP contribution in [0.4, 0.5) is 11.5 Å². The Kier molecular flexibility index (Phi) is 3.38. The summed E-state index contributed by atoms with van der Waals surface area (Å²) in [6, 6.07) is 5.66. The summed E-state index contributed by atoms with van der Waals surface area (Å²) in [5.41, 5.74) is 6.58. The summed E-state index contributed by atoms with van der Waals surface area (Å²) in [6.45, 7) is 1.81. The van der Waals surface area contributed by atoms with Gasteiger partial charge in [0.1, 0.15) is 5.82 Å². The maximum Gasteiger partial charge on any atom is 0.125 e. The number of pyridine rings is 1. The third kappa shape index (κ3) is 2.98. The maximum absolute atomic E-state index is 5.57. The van der Waals surface area contributed by atoms with Crippen LogP contribution < -0.4 is 11.1 Å². The molecular formula is C11H15N5. The lowest BCUT2D eigenvalue weighted by Gasteiger charge is -2.06. The normalized spacial score (nSPS) is 10.2. The lowest BCUT2D eigenvalue weighted by molar-refractivity contribution is 0.592. The minimum Gasteiger partial charge on any atom is -0.385 e. The van der Waals surface area contributed by atoms with E-state index in [9.17, 15) is 0 Å². The van der Waals surface area contributed by atoms with Crippen molar-refractivity contribution in [3.63, 3.8) is 0 Å². The van der Waals surface area contributed by atoms with Gasteiger partial charge in [-0.1, -0.05) is 0 Å². The molecule has 84 valence electrons. The summed E-state index contributed by atoms with van der Waals surface area (Å²) < 4.78 is 1.92. The molecule has 16 heavy (non-hydrogen) atoms. The van der Waals surface area contributed by atoms with Crippen molar-refractivity contribution in [1.29, 1.82) is 0 Å². The maximum atomic E-state index is 5.57. The van der Waals surface area contributed by atoms with Crippen LogP contribution in [0.5, 0.6) is 0 Å². The molecule has 3 N–H and O–H groups in total. The number of nitrogens with one attached hydrogen (secondary N) is 1. The fourth-order valence-corrected chi connectivity index (χ4v) is 1.46. The summed E-state index contributed by atoms with van der Waals surface area (Å²) in [7, 11) is 0. The average molecular weight is 217 g/mol. The Bertz CT molecular complexity index is 424. The topological polar surface area (TPSA) is 68.8 Å². The van der Waals surface area contributed by atoms with Gasteiger partial charge in [0.2, 0.25) is 0 Å². The van der Waals surface area contributed by atoms with E-state index in [4.69, 9.17) is 5.73 Å². The highest BCUT2D eigenvalue weighted by molar-refractivity contribution is 5.49. The van der Waals surface area contributed by atoms with Gasteiger partial charge in [-0.05, 0) is 18.6 Å². The molecule has 0 aliphatic heterocycles. The summed E-state index contributed by atoms with van der Waals surface area (Å²) in [4.78, 5) is 3.93. The van der Waals surface area contributed by atoms with Crippen LogP contribution in [-0.4, -0.2) is 21.3 Å². The first-order valence-electron chi connectivity index (χ1n) is 5.27. The van der Waals surface area contributed by atoms with Gasteiger partial charge in [-0.25, -0.2) is 4.98 Å². The van der Waals surface area contributed by atoms with Gasteiger partial charge >= 0.3 is 0 Å². The van der Waals surface area contributed by atoms with Crippen LogP contribution in [0.3, 0.4) is 0 Å². The highest BCUT2D eigenvalue weighted by Crippen LogP contribution is 2.08. The zero-order chi connectivity index (χ0) is 11.2. The molecule has 0 radical (unpaired) electrons. The first kappa shape index (κ1) is 10.5. The molecular weight excluding hydrogens is 202 g/mol. The molecule has 0 unspecified atom stereocenters. The molecule has 2 aromatic rings. The van der Waals surface area contributed by atoms with Crippen LogP contribution in [-0.2, 0) is 6.54 Å². The average Bonchev–Trinajstić information content (AvgIpc) is 2.77. The molecule has 0 bridgehead atoms. The van der Waals surface area contributed by atoms with Crippen molar-refractivity contribution in [2.75, 3.05) is 17.6 Å². The number of hydrogen-bond acceptors (Lipinski definition) is 4. The Morgan fingerprint density at radius 1 is 1.38 bits per heavy atom. The second-order valence-corrected chi connectivity index (χ2v) is 3.52. The van der Waals surface area contributed by atoms with Crippen LogP contribution in [0.1, 0.15) is 6.42 Å². The van der Waals surface area contributed by atoms with E-state index in [2.05, 4.69) is 15.4 Å². The van der Waals surface area contributed by atoms with Gasteiger partial charge in [-0.2, -0.15) is 5.10 Å². The van der Waals surface area contributed by atoms with E-state index >= 15 is 0 Å². The number of anilines is 2. The smallest absolute Gasteiger partial charge is 0.125 e. The van der Waals surface area contributed by atoms with Crippen molar-refractivity contribution < 1.29 is 0 Å². The molecule has 5 heteroatoms. The number of nitrogen functional groups attached to an aromatic ring is 1. The Labute approximate surface area is 94.3 Å². The minimum atomic E-state index is 0.539. The predicted molar refractivity (Wildman–Crippen MR) is 64.0 cm³/mol. The van der Waals surface area contributed by atoms with Crippen LogP contribution in [0, 0.1) is 0 Å². The second kappa shape index (κ2) is 5.16. The number of nitrogens with two attached hydrogens (primary N) is 1. The van der Waals surface area contributed by atoms with Crippen molar-refractivity contribution in [2.24, 2.45) is 0 Å². The van der Waals surface area contributed by atoms with Crippen molar-refractivity contribution in [2.45, 2.75) is 13.0 Å². The Hall–Kier alpha value is -2.04. The zero-order valence-electron chi connectivity index (χ0n) is 9.00. The van der Waals surface area contributed by atoms with Crippen molar-refractivity contribution in [3.8, 4) is 0 Å². The van der Waals surface area contributed by atoms with Crippen LogP contribution >= 0.6 is 0 Å². The molecule has 5 nitrogen and oxygen atoms in total. The monoisotopic (exact) mass is 217 g/mol.